The molecule has 9 rings (SSSR count). The number of benzene rings is 3. The van der Waals surface area contributed by atoms with Gasteiger partial charge in [-0.1, -0.05) is 0 Å². The number of pyridine rings is 3. The molecular formula is C46H43F6N15O2S. The Kier molecular flexibility index (Phi) is 14.4. The van der Waals surface area contributed by atoms with Crippen LogP contribution in [0.1, 0.15) is 16.7 Å². The van der Waals surface area contributed by atoms with E-state index in [1.54, 1.807) is 71.8 Å². The molecule has 6 aromatic heterocycles. The van der Waals surface area contributed by atoms with Crippen molar-refractivity contribution in [3.8, 4) is 6.07 Å². The third kappa shape index (κ3) is 10.6. The zero-order valence-electron chi connectivity index (χ0n) is 38.5. The van der Waals surface area contributed by atoms with Crippen LogP contribution in [0.3, 0.4) is 0 Å². The van der Waals surface area contributed by atoms with Gasteiger partial charge in [-0.2, -0.15) is 5.26 Å². The highest BCUT2D eigenvalue weighted by atomic mass is 32.2. The third-order valence-corrected chi connectivity index (χ3v) is 11.6. The normalized spacial score (nSPS) is 11.3. The van der Waals surface area contributed by atoms with E-state index in [1.807, 2.05) is 25.7 Å². The summed E-state index contributed by atoms with van der Waals surface area (Å²) < 4.78 is 115. The minimum Gasteiger partial charge on any atom is -0.334 e. The monoisotopic (exact) mass is 983 g/mol. The van der Waals surface area contributed by atoms with E-state index in [-0.39, 0.29) is 41.3 Å². The Balaban J connectivity index is 0.000000155. The average molecular weight is 984 g/mol. The number of imidazole rings is 3. The second-order valence-electron chi connectivity index (χ2n) is 15.9. The van der Waals surface area contributed by atoms with Gasteiger partial charge < -0.3 is 34.1 Å². The van der Waals surface area contributed by atoms with Crippen LogP contribution in [-0.2, 0) is 44.3 Å². The Labute approximate surface area is 396 Å². The van der Waals surface area contributed by atoms with Gasteiger partial charge in [-0.05, 0) is 47.5 Å². The Hall–Kier alpha value is -8.14. The summed E-state index contributed by atoms with van der Waals surface area (Å²) in [6.07, 6.45) is 10.5. The van der Waals surface area contributed by atoms with Crippen LogP contribution in [0.25, 0.3) is 33.1 Å². The number of rotatable bonds is 10. The summed E-state index contributed by atoms with van der Waals surface area (Å²) in [6.45, 7) is -0.118. The minimum absolute atomic E-state index is 0.0674. The van der Waals surface area contributed by atoms with Gasteiger partial charge in [0.2, 0.25) is 10.0 Å². The SMILES string of the molecule is CN(c1cc2c(cn1)ncn2C)c1c(F)cc(C#N)cc1F.CN(c1cc2c(cn1)ncn2C)c1c(F)cc(CN)cc1F.CN(c1cc2c(cn1)ncn2C)c1c(F)cc(CNS(C)(=O)=O)cc1F. The summed E-state index contributed by atoms with van der Waals surface area (Å²) in [5.74, 6) is -3.45. The van der Waals surface area contributed by atoms with Crippen LogP contribution in [-0.4, -0.2) is 79.4 Å². The number of nitrogens with one attached hydrogen (secondary N) is 1. The van der Waals surface area contributed by atoms with Crippen LogP contribution in [0.5, 0.6) is 0 Å². The van der Waals surface area contributed by atoms with E-state index in [0.29, 0.717) is 34.1 Å². The molecule has 70 heavy (non-hydrogen) atoms. The van der Waals surface area contributed by atoms with Gasteiger partial charge in [-0.3, -0.25) is 0 Å². The molecule has 0 radical (unpaired) electrons. The molecule has 17 nitrogen and oxygen atoms in total. The van der Waals surface area contributed by atoms with Crippen molar-refractivity contribution in [2.24, 2.45) is 26.9 Å². The van der Waals surface area contributed by atoms with Crippen LogP contribution in [0.15, 0.2) is 92.2 Å². The van der Waals surface area contributed by atoms with Crippen LogP contribution >= 0.6 is 0 Å². The van der Waals surface area contributed by atoms with Gasteiger partial charge in [0.25, 0.3) is 0 Å². The standard InChI is InChI=1S/C16H17F2N5O2S.C15H15F2N5.C15H11F2N5/c1-22-9-20-13-8-19-15(6-14(13)22)23(2)16-11(17)4-10(5-12(16)18)7-21-26(3,24)25;2*1-21-8-20-12-7-19-14(5-13(12)21)22(2)15-10(16)3-9(6-18)4-11(15)17/h4-6,8-9,21H,7H2,1-3H3;3-5,7-8H,6,18H2,1-2H3;3-5,7-8H,1-2H3. The first-order chi connectivity index (χ1) is 33.2. The van der Waals surface area contributed by atoms with Gasteiger partial charge in [0.05, 0.1) is 72.0 Å². The van der Waals surface area contributed by atoms with Crippen LogP contribution in [0.4, 0.5) is 60.9 Å². The Morgan fingerprint density at radius 1 is 0.557 bits per heavy atom. The van der Waals surface area contributed by atoms with E-state index in [2.05, 4.69) is 34.6 Å². The highest BCUT2D eigenvalue weighted by Gasteiger charge is 2.22. The molecule has 362 valence electrons. The van der Waals surface area contributed by atoms with E-state index in [1.165, 1.54) is 47.1 Å². The quantitative estimate of drug-likeness (QED) is 0.129. The molecular weight excluding hydrogens is 941 g/mol. The molecule has 0 atom stereocenters. The number of nitrogens with two attached hydrogens (primary N) is 1. The summed E-state index contributed by atoms with van der Waals surface area (Å²) in [6, 6.07) is 13.5. The van der Waals surface area contributed by atoms with Gasteiger partial charge in [0.1, 0.15) is 74.3 Å². The lowest BCUT2D eigenvalue weighted by Gasteiger charge is -2.20. The van der Waals surface area contributed by atoms with Gasteiger partial charge in [0.15, 0.2) is 11.6 Å². The van der Waals surface area contributed by atoms with Crippen molar-refractivity contribution >= 4 is 77.6 Å². The van der Waals surface area contributed by atoms with Crippen LogP contribution in [0.2, 0.25) is 0 Å². The topological polar surface area (TPSA) is 198 Å². The van der Waals surface area contributed by atoms with E-state index in [9.17, 15) is 34.8 Å². The number of hydrogen-bond donors (Lipinski definition) is 2. The van der Waals surface area contributed by atoms with Crippen molar-refractivity contribution < 1.29 is 34.8 Å². The number of halogens is 6. The zero-order chi connectivity index (χ0) is 50.8. The Bertz CT molecular complexity index is 3510. The molecule has 0 saturated heterocycles. The maximum Gasteiger partial charge on any atom is 0.209 e. The zero-order valence-corrected chi connectivity index (χ0v) is 39.3. The number of nitriles is 1. The highest BCUT2D eigenvalue weighted by molar-refractivity contribution is 7.88. The maximum absolute atomic E-state index is 14.5. The molecule has 0 aliphatic carbocycles. The summed E-state index contributed by atoms with van der Waals surface area (Å²) >= 11 is 0. The number of aromatic nitrogens is 9. The molecule has 0 saturated carbocycles. The lowest BCUT2D eigenvalue weighted by Crippen LogP contribution is -2.22. The molecule has 0 bridgehead atoms. The number of aryl methyl sites for hydroxylation is 3. The second-order valence-corrected chi connectivity index (χ2v) is 17.7. The predicted octanol–water partition coefficient (Wildman–Crippen LogP) is 7.42. The largest absolute Gasteiger partial charge is 0.334 e. The van der Waals surface area contributed by atoms with E-state index in [0.717, 1.165) is 52.6 Å². The molecule has 0 fully saturated rings. The molecule has 3 N–H and O–H groups in total. The molecule has 3 aromatic carbocycles. The molecule has 6 heterocycles. The fraction of sp³-hybridized carbons (Fsp3) is 0.196. The first-order valence-electron chi connectivity index (χ1n) is 20.7. The highest BCUT2D eigenvalue weighted by Crippen LogP contribution is 2.33. The minimum atomic E-state index is -3.46. The van der Waals surface area contributed by atoms with Crippen molar-refractivity contribution in [2.45, 2.75) is 13.1 Å². The number of sulfonamides is 1. The first-order valence-corrected chi connectivity index (χ1v) is 22.6. The lowest BCUT2D eigenvalue weighted by atomic mass is 10.1. The number of anilines is 6. The first kappa shape index (κ1) is 49.8. The molecule has 9 aromatic rings. The number of fused-ring (bicyclic) bond motifs is 3. The smallest absolute Gasteiger partial charge is 0.209 e. The van der Waals surface area contributed by atoms with Gasteiger partial charge in [-0.15, -0.1) is 0 Å². The van der Waals surface area contributed by atoms with Crippen molar-refractivity contribution in [2.75, 3.05) is 42.1 Å². The number of hydrogen-bond acceptors (Lipinski definition) is 13. The number of nitrogens with zero attached hydrogens (tertiary/aromatic N) is 13. The molecule has 24 heteroatoms. The Morgan fingerprint density at radius 3 is 1.17 bits per heavy atom. The molecule has 0 unspecified atom stereocenters. The molecule has 0 amide bonds. The van der Waals surface area contributed by atoms with Crippen LogP contribution in [0, 0.1) is 46.2 Å². The summed E-state index contributed by atoms with van der Waals surface area (Å²) in [7, 11) is 6.59. The maximum atomic E-state index is 14.5. The second kappa shape index (κ2) is 20.2. The van der Waals surface area contributed by atoms with Gasteiger partial charge in [0, 0.05) is 73.6 Å². The Morgan fingerprint density at radius 2 is 0.871 bits per heavy atom. The fourth-order valence-corrected chi connectivity index (χ4v) is 7.64. The van der Waals surface area contributed by atoms with Crippen LogP contribution < -0.4 is 25.2 Å². The third-order valence-electron chi connectivity index (χ3n) is 10.9. The molecule has 0 spiro atoms. The van der Waals surface area contributed by atoms with Crippen molar-refractivity contribution in [3.05, 3.63) is 144 Å². The van der Waals surface area contributed by atoms with Gasteiger partial charge in [-0.25, -0.2) is 69.4 Å². The van der Waals surface area contributed by atoms with Gasteiger partial charge >= 0.3 is 0 Å². The van der Waals surface area contributed by atoms with Crippen molar-refractivity contribution in [3.63, 3.8) is 0 Å². The van der Waals surface area contributed by atoms with E-state index < -0.39 is 44.9 Å². The van der Waals surface area contributed by atoms with E-state index in [4.69, 9.17) is 11.0 Å². The fourth-order valence-electron chi connectivity index (χ4n) is 7.22. The van der Waals surface area contributed by atoms with E-state index >= 15 is 0 Å². The van der Waals surface area contributed by atoms with Crippen molar-refractivity contribution in [1.29, 1.82) is 5.26 Å². The average Bonchev–Trinajstić information content (AvgIpc) is 4.01. The lowest BCUT2D eigenvalue weighted by molar-refractivity contribution is 0.574. The predicted molar refractivity (Wildman–Crippen MR) is 253 cm³/mol. The summed E-state index contributed by atoms with van der Waals surface area (Å²) in [5, 5.41) is 8.74. The summed E-state index contributed by atoms with van der Waals surface area (Å²) in [5.41, 5.74) is 9.74. The summed E-state index contributed by atoms with van der Waals surface area (Å²) in [4.78, 5) is 29.0. The molecule has 0 aliphatic heterocycles. The molecule has 0 aliphatic rings. The van der Waals surface area contributed by atoms with Crippen molar-refractivity contribution in [1.82, 2.24) is 48.3 Å².